The Morgan fingerprint density at radius 2 is 2.03 bits per heavy atom. The van der Waals surface area contributed by atoms with E-state index in [9.17, 15) is 9.59 Å². The van der Waals surface area contributed by atoms with Gasteiger partial charge in [0.1, 0.15) is 11.6 Å². The zero-order valence-corrected chi connectivity index (χ0v) is 17.2. The smallest absolute Gasteiger partial charge is 0.258 e. The van der Waals surface area contributed by atoms with Gasteiger partial charge < -0.3 is 15.0 Å². The number of carbonyl (C=O) groups excluding carboxylic acids is 1. The van der Waals surface area contributed by atoms with Gasteiger partial charge in [0.2, 0.25) is 0 Å². The minimum absolute atomic E-state index is 0.0527. The Kier molecular flexibility index (Phi) is 4.31. The minimum atomic E-state index is -0.182. The van der Waals surface area contributed by atoms with Crippen molar-refractivity contribution in [2.75, 3.05) is 6.61 Å². The van der Waals surface area contributed by atoms with E-state index in [1.165, 1.54) is 0 Å². The Morgan fingerprint density at radius 3 is 2.84 bits per heavy atom. The fourth-order valence-corrected chi connectivity index (χ4v) is 4.15. The van der Waals surface area contributed by atoms with Crippen molar-refractivity contribution in [2.24, 2.45) is 0 Å². The van der Waals surface area contributed by atoms with Crippen LogP contribution in [0.3, 0.4) is 0 Å². The highest BCUT2D eigenvalue weighted by Crippen LogP contribution is 2.32. The van der Waals surface area contributed by atoms with Gasteiger partial charge >= 0.3 is 0 Å². The van der Waals surface area contributed by atoms with Gasteiger partial charge in [-0.15, -0.1) is 0 Å². The van der Waals surface area contributed by atoms with Crippen LogP contribution in [0.15, 0.2) is 53.6 Å². The third-order valence-corrected chi connectivity index (χ3v) is 6.08. The summed E-state index contributed by atoms with van der Waals surface area (Å²) in [7, 11) is 0. The SMILES string of the molecule is O=C(NC1CC1)c1ccc2c(c1)CC(c1nc3ccc(-c4cn[nH]c4)cc3c(=O)[nH]1)CO2. The lowest BCUT2D eigenvalue weighted by Crippen LogP contribution is -2.27. The molecule has 0 spiro atoms. The summed E-state index contributed by atoms with van der Waals surface area (Å²) in [6.07, 6.45) is 6.24. The van der Waals surface area contributed by atoms with E-state index in [1.54, 1.807) is 18.5 Å². The second-order valence-corrected chi connectivity index (χ2v) is 8.45. The van der Waals surface area contributed by atoms with Crippen LogP contribution in [-0.4, -0.2) is 38.7 Å². The van der Waals surface area contributed by atoms with Gasteiger partial charge in [0, 0.05) is 23.4 Å². The number of benzene rings is 2. The molecule has 1 amide bonds. The molecule has 8 heteroatoms. The molecule has 1 aliphatic heterocycles. The largest absolute Gasteiger partial charge is 0.493 e. The normalized spacial score (nSPS) is 17.6. The van der Waals surface area contributed by atoms with E-state index in [0.717, 1.165) is 35.3 Å². The molecule has 2 aromatic heterocycles. The molecule has 0 bridgehead atoms. The first-order valence-corrected chi connectivity index (χ1v) is 10.7. The molecule has 0 saturated heterocycles. The number of carbonyl (C=O) groups is 1. The predicted molar refractivity (Wildman–Crippen MR) is 119 cm³/mol. The first-order chi connectivity index (χ1) is 15.6. The molecule has 32 heavy (non-hydrogen) atoms. The maximum Gasteiger partial charge on any atom is 0.258 e. The second kappa shape index (κ2) is 7.33. The Hall–Kier alpha value is -3.94. The summed E-state index contributed by atoms with van der Waals surface area (Å²) < 4.78 is 5.93. The van der Waals surface area contributed by atoms with E-state index in [-0.39, 0.29) is 17.4 Å². The average Bonchev–Trinajstić information content (AvgIpc) is 3.46. The first kappa shape index (κ1) is 18.8. The van der Waals surface area contributed by atoms with Crippen molar-refractivity contribution in [3.63, 3.8) is 0 Å². The molecule has 160 valence electrons. The van der Waals surface area contributed by atoms with Crippen LogP contribution in [0.5, 0.6) is 5.75 Å². The maximum atomic E-state index is 12.8. The molecule has 8 nitrogen and oxygen atoms in total. The van der Waals surface area contributed by atoms with E-state index in [2.05, 4.69) is 20.5 Å². The van der Waals surface area contributed by atoms with Crippen molar-refractivity contribution in [3.8, 4) is 16.9 Å². The number of nitrogens with one attached hydrogen (secondary N) is 3. The molecule has 6 rings (SSSR count). The molecular weight excluding hydrogens is 406 g/mol. The fraction of sp³-hybridized carbons (Fsp3) is 0.250. The monoisotopic (exact) mass is 427 g/mol. The van der Waals surface area contributed by atoms with E-state index in [0.29, 0.717) is 41.4 Å². The Bertz CT molecular complexity index is 1390. The van der Waals surface area contributed by atoms with Gasteiger partial charge in [-0.05, 0) is 60.7 Å². The molecule has 1 aliphatic carbocycles. The van der Waals surface area contributed by atoms with Gasteiger partial charge in [-0.25, -0.2) is 4.98 Å². The van der Waals surface area contributed by atoms with Gasteiger partial charge in [-0.1, -0.05) is 6.07 Å². The predicted octanol–water partition coefficient (Wildman–Crippen LogP) is 2.92. The summed E-state index contributed by atoms with van der Waals surface area (Å²) in [5.74, 6) is 1.21. The van der Waals surface area contributed by atoms with Crippen LogP contribution >= 0.6 is 0 Å². The number of amides is 1. The summed E-state index contributed by atoms with van der Waals surface area (Å²) in [5.41, 5.74) is 3.85. The molecule has 2 aromatic carbocycles. The number of ether oxygens (including phenoxy) is 1. The zero-order valence-electron chi connectivity index (χ0n) is 17.2. The maximum absolute atomic E-state index is 12.8. The van der Waals surface area contributed by atoms with Gasteiger partial charge in [-0.3, -0.25) is 14.7 Å². The number of H-pyrrole nitrogens is 2. The Labute approximate surface area is 183 Å². The van der Waals surface area contributed by atoms with Crippen LogP contribution in [0.25, 0.3) is 22.0 Å². The standard InChI is InChI=1S/C24H21N5O3/c30-23(27-18-3-4-18)14-2-6-21-15(7-14)8-16(12-32-21)22-28-20-5-1-13(17-10-25-26-11-17)9-19(20)24(31)29-22/h1-2,5-7,9-11,16,18H,3-4,8,12H2,(H,25,26)(H,27,30)(H,28,29,31). The summed E-state index contributed by atoms with van der Waals surface area (Å²) in [6, 6.07) is 11.5. The number of aromatic nitrogens is 4. The van der Waals surface area contributed by atoms with Crippen molar-refractivity contribution in [1.29, 1.82) is 0 Å². The molecule has 1 saturated carbocycles. The van der Waals surface area contributed by atoms with Gasteiger partial charge in [0.15, 0.2) is 0 Å². The summed E-state index contributed by atoms with van der Waals surface area (Å²) in [6.45, 7) is 0.419. The van der Waals surface area contributed by atoms with Crippen molar-refractivity contribution in [2.45, 2.75) is 31.2 Å². The number of rotatable bonds is 4. The Balaban J connectivity index is 1.29. The molecule has 4 aromatic rings. The van der Waals surface area contributed by atoms with Crippen LogP contribution in [0.4, 0.5) is 0 Å². The number of hydrogen-bond donors (Lipinski definition) is 3. The lowest BCUT2D eigenvalue weighted by Gasteiger charge is -2.25. The molecule has 2 aliphatic rings. The number of aromatic amines is 2. The minimum Gasteiger partial charge on any atom is -0.493 e. The number of hydrogen-bond acceptors (Lipinski definition) is 5. The van der Waals surface area contributed by atoms with Crippen molar-refractivity contribution < 1.29 is 9.53 Å². The highest BCUT2D eigenvalue weighted by Gasteiger charge is 2.27. The fourth-order valence-electron chi connectivity index (χ4n) is 4.15. The molecule has 3 N–H and O–H groups in total. The molecule has 3 heterocycles. The van der Waals surface area contributed by atoms with Crippen LogP contribution < -0.4 is 15.6 Å². The Morgan fingerprint density at radius 1 is 1.12 bits per heavy atom. The summed E-state index contributed by atoms with van der Waals surface area (Å²) in [5, 5.41) is 10.3. The molecule has 1 fully saturated rings. The van der Waals surface area contributed by atoms with Gasteiger partial charge in [0.25, 0.3) is 11.5 Å². The van der Waals surface area contributed by atoms with Crippen LogP contribution in [0.1, 0.15) is 40.5 Å². The average molecular weight is 427 g/mol. The van der Waals surface area contributed by atoms with E-state index < -0.39 is 0 Å². The lowest BCUT2D eigenvalue weighted by molar-refractivity contribution is 0.0951. The molecule has 0 radical (unpaired) electrons. The second-order valence-electron chi connectivity index (χ2n) is 8.45. The molecule has 1 unspecified atom stereocenters. The van der Waals surface area contributed by atoms with Crippen LogP contribution in [0, 0.1) is 0 Å². The van der Waals surface area contributed by atoms with E-state index >= 15 is 0 Å². The van der Waals surface area contributed by atoms with Crippen LogP contribution in [-0.2, 0) is 6.42 Å². The highest BCUT2D eigenvalue weighted by molar-refractivity contribution is 5.95. The summed E-state index contributed by atoms with van der Waals surface area (Å²) >= 11 is 0. The van der Waals surface area contributed by atoms with Gasteiger partial charge in [-0.2, -0.15) is 5.10 Å². The van der Waals surface area contributed by atoms with Crippen molar-refractivity contribution in [3.05, 3.63) is 76.1 Å². The molecule has 1 atom stereocenters. The topological polar surface area (TPSA) is 113 Å². The van der Waals surface area contributed by atoms with Crippen molar-refractivity contribution >= 4 is 16.8 Å². The quantitative estimate of drug-likeness (QED) is 0.464. The van der Waals surface area contributed by atoms with E-state index in [4.69, 9.17) is 9.72 Å². The van der Waals surface area contributed by atoms with E-state index in [1.807, 2.05) is 30.3 Å². The third kappa shape index (κ3) is 3.43. The first-order valence-electron chi connectivity index (χ1n) is 10.7. The zero-order chi connectivity index (χ0) is 21.7. The number of fused-ring (bicyclic) bond motifs is 2. The highest BCUT2D eigenvalue weighted by atomic mass is 16.5. The lowest BCUT2D eigenvalue weighted by atomic mass is 9.94. The van der Waals surface area contributed by atoms with Gasteiger partial charge in [0.05, 0.1) is 29.6 Å². The van der Waals surface area contributed by atoms with Crippen LogP contribution in [0.2, 0.25) is 0 Å². The van der Waals surface area contributed by atoms with Crippen molar-refractivity contribution in [1.82, 2.24) is 25.5 Å². The third-order valence-electron chi connectivity index (χ3n) is 6.08. The number of nitrogens with zero attached hydrogens (tertiary/aromatic N) is 2. The summed E-state index contributed by atoms with van der Waals surface area (Å²) in [4.78, 5) is 32.9. The molecular formula is C24H21N5O3.